The van der Waals surface area contributed by atoms with E-state index in [2.05, 4.69) is 5.32 Å². The van der Waals surface area contributed by atoms with Gasteiger partial charge in [-0.1, -0.05) is 18.3 Å². The molecule has 1 aromatic carbocycles. The first-order chi connectivity index (χ1) is 8.56. The highest BCUT2D eigenvalue weighted by Crippen LogP contribution is 2.20. The number of halogens is 1. The lowest BCUT2D eigenvalue weighted by molar-refractivity contribution is 0.0946. The molecule has 0 aliphatic heterocycles. The Balaban J connectivity index is 2.64. The number of nitrogens with two attached hydrogens (primary N) is 1. The van der Waals surface area contributed by atoms with Crippen LogP contribution in [0.1, 0.15) is 23.2 Å². The van der Waals surface area contributed by atoms with Crippen LogP contribution in [0, 0.1) is 5.82 Å². The van der Waals surface area contributed by atoms with Crippen LogP contribution in [0.15, 0.2) is 18.2 Å². The van der Waals surface area contributed by atoms with Crippen LogP contribution in [0.4, 0.5) is 4.39 Å². The summed E-state index contributed by atoms with van der Waals surface area (Å²) >= 11 is 4.71. The summed E-state index contributed by atoms with van der Waals surface area (Å²) in [4.78, 5) is 12.2. The number of rotatable bonds is 6. The lowest BCUT2D eigenvalue weighted by Crippen LogP contribution is -2.26. The van der Waals surface area contributed by atoms with Crippen LogP contribution in [-0.2, 0) is 0 Å². The molecule has 0 saturated carbocycles. The first-order valence-corrected chi connectivity index (χ1v) is 5.86. The molecule has 0 bridgehead atoms. The number of hydrogen-bond donors (Lipinski definition) is 2. The Morgan fingerprint density at radius 3 is 2.89 bits per heavy atom. The van der Waals surface area contributed by atoms with Gasteiger partial charge >= 0.3 is 0 Å². The second-order valence-electron chi connectivity index (χ2n) is 3.64. The molecule has 0 aromatic heterocycles. The van der Waals surface area contributed by atoms with Crippen LogP contribution >= 0.6 is 12.2 Å². The molecule has 0 fully saturated rings. The summed E-state index contributed by atoms with van der Waals surface area (Å²) in [7, 11) is 1.39. The molecule has 1 amide bonds. The molecule has 1 aromatic rings. The Morgan fingerprint density at radius 1 is 1.56 bits per heavy atom. The number of nitrogens with one attached hydrogen (secondary N) is 1. The lowest BCUT2D eigenvalue weighted by atomic mass is 10.1. The number of carbonyl (C=O) groups excluding carboxylic acids is 1. The molecule has 0 aliphatic carbocycles. The molecule has 0 spiro atoms. The number of amides is 1. The van der Waals surface area contributed by atoms with Gasteiger partial charge in [-0.3, -0.25) is 4.79 Å². The summed E-state index contributed by atoms with van der Waals surface area (Å²) < 4.78 is 18.5. The topological polar surface area (TPSA) is 64.3 Å². The van der Waals surface area contributed by atoms with Gasteiger partial charge in [0.1, 0.15) is 17.1 Å². The van der Waals surface area contributed by atoms with E-state index >= 15 is 0 Å². The van der Waals surface area contributed by atoms with Gasteiger partial charge in [0.15, 0.2) is 0 Å². The van der Waals surface area contributed by atoms with Crippen LogP contribution < -0.4 is 15.8 Å². The average Bonchev–Trinajstić information content (AvgIpc) is 2.33. The minimum atomic E-state index is -0.610. The van der Waals surface area contributed by atoms with Gasteiger partial charge in [0, 0.05) is 6.54 Å². The maximum absolute atomic E-state index is 13.5. The molecule has 98 valence electrons. The predicted molar refractivity (Wildman–Crippen MR) is 71.3 cm³/mol. The zero-order valence-electron chi connectivity index (χ0n) is 10.0. The van der Waals surface area contributed by atoms with Crippen molar-refractivity contribution < 1.29 is 13.9 Å². The van der Waals surface area contributed by atoms with Crippen molar-refractivity contribution in [3.05, 3.63) is 29.6 Å². The van der Waals surface area contributed by atoms with E-state index in [1.165, 1.54) is 25.3 Å². The fourth-order valence-electron chi connectivity index (χ4n) is 1.45. The van der Waals surface area contributed by atoms with Crippen molar-refractivity contribution in [3.63, 3.8) is 0 Å². The first-order valence-electron chi connectivity index (χ1n) is 5.45. The molecular weight excluding hydrogens is 255 g/mol. The highest BCUT2D eigenvalue weighted by Gasteiger charge is 2.16. The standard InChI is InChI=1S/C12H15FN2O2S/c1-17-9-5-2-4-8(13)11(9)12(16)15-7-3-6-10(14)18/h2,4-5H,3,6-7H2,1H3,(H2,14,18)(H,15,16). The van der Waals surface area contributed by atoms with Crippen molar-refractivity contribution in [1.29, 1.82) is 0 Å². The number of benzene rings is 1. The van der Waals surface area contributed by atoms with Gasteiger partial charge in [-0.2, -0.15) is 0 Å². The van der Waals surface area contributed by atoms with E-state index in [4.69, 9.17) is 22.7 Å². The molecule has 0 unspecified atom stereocenters. The maximum atomic E-state index is 13.5. The summed E-state index contributed by atoms with van der Waals surface area (Å²) in [5.41, 5.74) is 5.24. The largest absolute Gasteiger partial charge is 0.496 e. The Morgan fingerprint density at radius 2 is 2.28 bits per heavy atom. The zero-order chi connectivity index (χ0) is 13.5. The summed E-state index contributed by atoms with van der Waals surface area (Å²) in [5, 5.41) is 2.60. The molecule has 0 aliphatic rings. The normalized spacial score (nSPS) is 9.89. The van der Waals surface area contributed by atoms with Crippen molar-refractivity contribution in [1.82, 2.24) is 5.32 Å². The van der Waals surface area contributed by atoms with Crippen molar-refractivity contribution in [3.8, 4) is 5.75 Å². The van der Waals surface area contributed by atoms with E-state index in [1.807, 2.05) is 0 Å². The van der Waals surface area contributed by atoms with E-state index in [-0.39, 0.29) is 11.3 Å². The van der Waals surface area contributed by atoms with E-state index in [0.29, 0.717) is 24.4 Å². The highest BCUT2D eigenvalue weighted by atomic mass is 32.1. The third-order valence-electron chi connectivity index (χ3n) is 2.31. The van der Waals surface area contributed by atoms with Crippen LogP contribution in [-0.4, -0.2) is 24.6 Å². The smallest absolute Gasteiger partial charge is 0.258 e. The number of thiocarbonyl (C=S) groups is 1. The van der Waals surface area contributed by atoms with Gasteiger partial charge in [-0.05, 0) is 25.0 Å². The monoisotopic (exact) mass is 270 g/mol. The maximum Gasteiger partial charge on any atom is 0.258 e. The molecule has 1 rings (SSSR count). The van der Waals surface area contributed by atoms with Crippen molar-refractivity contribution in [2.75, 3.05) is 13.7 Å². The second kappa shape index (κ2) is 6.90. The van der Waals surface area contributed by atoms with Gasteiger partial charge in [-0.25, -0.2) is 4.39 Å². The quantitative estimate of drug-likeness (QED) is 0.609. The number of ether oxygens (including phenoxy) is 1. The van der Waals surface area contributed by atoms with Crippen molar-refractivity contribution >= 4 is 23.1 Å². The average molecular weight is 270 g/mol. The van der Waals surface area contributed by atoms with Crippen LogP contribution in [0.25, 0.3) is 0 Å². The minimum Gasteiger partial charge on any atom is -0.496 e. The fourth-order valence-corrected chi connectivity index (χ4v) is 1.59. The SMILES string of the molecule is COc1cccc(F)c1C(=O)NCCCC(N)=S. The molecule has 0 atom stereocenters. The fraction of sp³-hybridized carbons (Fsp3) is 0.333. The molecule has 4 nitrogen and oxygen atoms in total. The third-order valence-corrected chi connectivity index (χ3v) is 2.51. The van der Waals surface area contributed by atoms with Gasteiger partial charge in [0.2, 0.25) is 0 Å². The zero-order valence-corrected chi connectivity index (χ0v) is 10.8. The molecule has 0 saturated heterocycles. The summed E-state index contributed by atoms with van der Waals surface area (Å²) in [6.45, 7) is 0.383. The Hall–Kier alpha value is -1.69. The number of carbonyl (C=O) groups is 1. The summed E-state index contributed by atoms with van der Waals surface area (Å²) in [6, 6.07) is 4.23. The molecule has 0 radical (unpaired) electrons. The predicted octanol–water partition coefficient (Wildman–Crippen LogP) is 1.63. The minimum absolute atomic E-state index is 0.0877. The lowest BCUT2D eigenvalue weighted by Gasteiger charge is -2.09. The summed E-state index contributed by atoms with van der Waals surface area (Å²) in [5.74, 6) is -0.907. The van der Waals surface area contributed by atoms with E-state index in [0.717, 1.165) is 0 Å². The van der Waals surface area contributed by atoms with Gasteiger partial charge < -0.3 is 15.8 Å². The van der Waals surface area contributed by atoms with Crippen LogP contribution in [0.5, 0.6) is 5.75 Å². The van der Waals surface area contributed by atoms with Crippen LogP contribution in [0.2, 0.25) is 0 Å². The van der Waals surface area contributed by atoms with Gasteiger partial charge in [-0.15, -0.1) is 0 Å². The molecule has 0 heterocycles. The van der Waals surface area contributed by atoms with Gasteiger partial charge in [0.05, 0.1) is 12.1 Å². The number of hydrogen-bond acceptors (Lipinski definition) is 3. The number of methoxy groups -OCH3 is 1. The first kappa shape index (κ1) is 14.4. The van der Waals surface area contributed by atoms with Crippen molar-refractivity contribution in [2.24, 2.45) is 5.73 Å². The van der Waals surface area contributed by atoms with E-state index < -0.39 is 11.7 Å². The summed E-state index contributed by atoms with van der Waals surface area (Å²) in [6.07, 6.45) is 1.17. The Bertz CT molecular complexity index is 452. The van der Waals surface area contributed by atoms with Crippen molar-refractivity contribution in [2.45, 2.75) is 12.8 Å². The Kier molecular flexibility index (Phi) is 5.51. The van der Waals surface area contributed by atoms with E-state index in [1.54, 1.807) is 0 Å². The molecule has 3 N–H and O–H groups in total. The molecule has 18 heavy (non-hydrogen) atoms. The third kappa shape index (κ3) is 3.96. The van der Waals surface area contributed by atoms with E-state index in [9.17, 15) is 9.18 Å². The molecule has 6 heteroatoms. The highest BCUT2D eigenvalue weighted by molar-refractivity contribution is 7.80. The molecular formula is C12H15FN2O2S. The Labute approximate surface area is 110 Å². The second-order valence-corrected chi connectivity index (χ2v) is 4.17. The van der Waals surface area contributed by atoms with Crippen LogP contribution in [0.3, 0.4) is 0 Å². The van der Waals surface area contributed by atoms with Gasteiger partial charge in [0.25, 0.3) is 5.91 Å².